The number of aryl methyl sites for hydroxylation is 1. The number of likely N-dealkylation sites (tertiary alicyclic amines) is 1. The van der Waals surface area contributed by atoms with Crippen LogP contribution in [0.15, 0.2) is 42.5 Å². The van der Waals surface area contributed by atoms with E-state index >= 15 is 0 Å². The highest BCUT2D eigenvalue weighted by Gasteiger charge is 2.37. The van der Waals surface area contributed by atoms with Gasteiger partial charge in [0.25, 0.3) is 0 Å². The van der Waals surface area contributed by atoms with Crippen LogP contribution >= 0.6 is 11.6 Å². The summed E-state index contributed by atoms with van der Waals surface area (Å²) in [6, 6.07) is 14.7. The number of piperidine rings is 1. The molecule has 1 aliphatic heterocycles. The van der Waals surface area contributed by atoms with Crippen LogP contribution in [-0.2, 0) is 6.42 Å². The molecule has 4 rings (SSSR count). The van der Waals surface area contributed by atoms with E-state index in [2.05, 4.69) is 29.2 Å². The Hall–Kier alpha value is -1.75. The third-order valence-corrected chi connectivity index (χ3v) is 5.99. The van der Waals surface area contributed by atoms with Gasteiger partial charge in [0.15, 0.2) is 11.5 Å². The maximum atomic E-state index is 6.59. The normalized spacial score (nSPS) is 25.7. The second kappa shape index (κ2) is 8.09. The molecule has 1 fully saturated rings. The van der Waals surface area contributed by atoms with E-state index in [1.54, 1.807) is 13.2 Å². The van der Waals surface area contributed by atoms with Crippen molar-refractivity contribution in [2.45, 2.75) is 43.9 Å². The summed E-state index contributed by atoms with van der Waals surface area (Å²) in [6.07, 6.45) is 4.36. The smallest absolute Gasteiger partial charge is 0.162 e. The van der Waals surface area contributed by atoms with E-state index in [9.17, 15) is 0 Å². The van der Waals surface area contributed by atoms with Crippen molar-refractivity contribution in [3.8, 4) is 11.5 Å². The Labute approximate surface area is 166 Å². The van der Waals surface area contributed by atoms with Gasteiger partial charge in [-0.3, -0.25) is 4.90 Å². The summed E-state index contributed by atoms with van der Waals surface area (Å²) < 4.78 is 12.1. The van der Waals surface area contributed by atoms with Crippen LogP contribution in [0.3, 0.4) is 0 Å². The molecular formula is C22H27ClN2O2. The summed E-state index contributed by atoms with van der Waals surface area (Å²) in [5, 5.41) is 0.641. The topological polar surface area (TPSA) is 47.7 Å². The number of nitrogens with zero attached hydrogens (tertiary/aromatic N) is 1. The van der Waals surface area contributed by atoms with Gasteiger partial charge in [-0.1, -0.05) is 35.9 Å². The Balaban J connectivity index is 1.68. The van der Waals surface area contributed by atoms with Gasteiger partial charge in [0.05, 0.1) is 13.2 Å². The first-order chi connectivity index (χ1) is 13.2. The molecule has 2 N–H and O–H groups in total. The third-order valence-electron chi connectivity index (χ3n) is 5.76. The average molecular weight is 387 g/mol. The van der Waals surface area contributed by atoms with Crippen molar-refractivity contribution in [1.82, 2.24) is 4.90 Å². The fourth-order valence-corrected chi connectivity index (χ4v) is 4.60. The largest absolute Gasteiger partial charge is 0.493 e. The summed E-state index contributed by atoms with van der Waals surface area (Å²) in [6.45, 7) is 2.02. The average Bonchev–Trinajstić information content (AvgIpc) is 2.69. The molecule has 0 saturated carbocycles. The predicted octanol–water partition coefficient (Wildman–Crippen LogP) is 4.21. The molecule has 0 amide bonds. The first-order valence-corrected chi connectivity index (χ1v) is 10.1. The minimum absolute atomic E-state index is 0.0460. The molecular weight excluding hydrogens is 360 g/mol. The minimum Gasteiger partial charge on any atom is -0.493 e. The van der Waals surface area contributed by atoms with Crippen LogP contribution in [0.1, 0.15) is 36.5 Å². The Kier molecular flexibility index (Phi) is 5.58. The maximum absolute atomic E-state index is 6.59. The van der Waals surface area contributed by atoms with E-state index in [1.807, 2.05) is 12.1 Å². The summed E-state index contributed by atoms with van der Waals surface area (Å²) in [4.78, 5) is 2.52. The van der Waals surface area contributed by atoms with Crippen LogP contribution in [0.4, 0.5) is 0 Å². The Morgan fingerprint density at radius 3 is 2.78 bits per heavy atom. The molecule has 2 aromatic rings. The fraction of sp³-hybridized carbons (Fsp3) is 0.455. The van der Waals surface area contributed by atoms with Crippen molar-refractivity contribution in [2.24, 2.45) is 5.73 Å². The van der Waals surface area contributed by atoms with E-state index in [0.29, 0.717) is 16.8 Å². The molecule has 2 aliphatic rings. The molecule has 0 spiro atoms. The minimum atomic E-state index is -0.0460. The molecule has 4 nitrogen and oxygen atoms in total. The highest BCUT2D eigenvalue weighted by molar-refractivity contribution is 6.30. The van der Waals surface area contributed by atoms with Gasteiger partial charge in [-0.2, -0.15) is 0 Å². The number of benzene rings is 2. The van der Waals surface area contributed by atoms with E-state index in [4.69, 9.17) is 26.8 Å². The van der Waals surface area contributed by atoms with Gasteiger partial charge >= 0.3 is 0 Å². The van der Waals surface area contributed by atoms with Crippen molar-refractivity contribution in [2.75, 3.05) is 20.2 Å². The molecule has 5 heteroatoms. The monoisotopic (exact) mass is 386 g/mol. The summed E-state index contributed by atoms with van der Waals surface area (Å²) in [7, 11) is 1.65. The highest BCUT2D eigenvalue weighted by atomic mass is 35.5. The van der Waals surface area contributed by atoms with Gasteiger partial charge in [0.1, 0.15) is 6.10 Å². The zero-order valence-electron chi connectivity index (χ0n) is 15.7. The van der Waals surface area contributed by atoms with Crippen molar-refractivity contribution in [1.29, 1.82) is 0 Å². The number of rotatable bonds is 4. The summed E-state index contributed by atoms with van der Waals surface area (Å²) >= 11 is 6.13. The molecule has 144 valence electrons. The van der Waals surface area contributed by atoms with Gasteiger partial charge in [0.2, 0.25) is 0 Å². The Morgan fingerprint density at radius 2 is 1.96 bits per heavy atom. The number of methoxy groups -OCH3 is 1. The fourth-order valence-electron chi connectivity index (χ4n) is 4.43. The highest BCUT2D eigenvalue weighted by Crippen LogP contribution is 2.40. The first kappa shape index (κ1) is 18.6. The number of hydrogen-bond donors (Lipinski definition) is 1. The van der Waals surface area contributed by atoms with E-state index in [0.717, 1.165) is 44.5 Å². The molecule has 27 heavy (non-hydrogen) atoms. The van der Waals surface area contributed by atoms with Gasteiger partial charge in [0, 0.05) is 23.7 Å². The number of halogens is 1. The van der Waals surface area contributed by atoms with Crippen molar-refractivity contribution >= 4 is 11.6 Å². The lowest BCUT2D eigenvalue weighted by Gasteiger charge is -2.43. The van der Waals surface area contributed by atoms with Crippen LogP contribution in [-0.4, -0.2) is 37.2 Å². The van der Waals surface area contributed by atoms with Crippen molar-refractivity contribution < 1.29 is 9.47 Å². The number of nitrogens with two attached hydrogens (primary N) is 1. The molecule has 3 atom stereocenters. The number of ether oxygens (including phenoxy) is 2. The van der Waals surface area contributed by atoms with Gasteiger partial charge < -0.3 is 15.2 Å². The Morgan fingerprint density at radius 1 is 1.11 bits per heavy atom. The lowest BCUT2D eigenvalue weighted by atomic mass is 9.84. The van der Waals surface area contributed by atoms with Crippen LogP contribution in [0.25, 0.3) is 0 Å². The lowest BCUT2D eigenvalue weighted by Crippen LogP contribution is -2.51. The molecule has 1 aliphatic carbocycles. The van der Waals surface area contributed by atoms with E-state index in [1.165, 1.54) is 11.1 Å². The quantitative estimate of drug-likeness (QED) is 0.855. The van der Waals surface area contributed by atoms with Gasteiger partial charge in [-0.05, 0) is 55.5 Å². The van der Waals surface area contributed by atoms with Crippen LogP contribution in [0.2, 0.25) is 5.02 Å². The van der Waals surface area contributed by atoms with E-state index < -0.39 is 0 Å². The SMILES string of the molecule is COc1cc(Cl)ccc1O[C@H]1c2ccccc2CC[C@@H]1N1CCC[C@@H](N)C1. The predicted molar refractivity (Wildman–Crippen MR) is 109 cm³/mol. The van der Waals surface area contributed by atoms with E-state index in [-0.39, 0.29) is 12.1 Å². The maximum Gasteiger partial charge on any atom is 0.162 e. The summed E-state index contributed by atoms with van der Waals surface area (Å²) in [5.74, 6) is 1.40. The van der Waals surface area contributed by atoms with Gasteiger partial charge in [-0.15, -0.1) is 0 Å². The van der Waals surface area contributed by atoms with Crippen LogP contribution in [0, 0.1) is 0 Å². The third kappa shape index (κ3) is 3.93. The number of hydrogen-bond acceptors (Lipinski definition) is 4. The molecule has 0 bridgehead atoms. The second-order valence-corrected chi connectivity index (χ2v) is 7.97. The standard InChI is InChI=1S/C22H27ClN2O2/c1-26-21-13-16(23)9-11-20(21)27-22-18-7-3-2-5-15(18)8-10-19(22)25-12-4-6-17(24)14-25/h2-3,5,7,9,11,13,17,19,22H,4,6,8,10,12,14,24H2,1H3/t17-,19+,22+/m1/s1. The molecule has 0 aromatic heterocycles. The van der Waals surface area contributed by atoms with Crippen LogP contribution < -0.4 is 15.2 Å². The van der Waals surface area contributed by atoms with Crippen LogP contribution in [0.5, 0.6) is 11.5 Å². The zero-order valence-corrected chi connectivity index (χ0v) is 16.5. The molecule has 0 radical (unpaired) electrons. The number of fused-ring (bicyclic) bond motifs is 1. The lowest BCUT2D eigenvalue weighted by molar-refractivity contribution is 0.0354. The molecule has 1 saturated heterocycles. The second-order valence-electron chi connectivity index (χ2n) is 7.54. The summed E-state index contributed by atoms with van der Waals surface area (Å²) in [5.41, 5.74) is 8.91. The zero-order chi connectivity index (χ0) is 18.8. The van der Waals surface area contributed by atoms with Gasteiger partial charge in [-0.25, -0.2) is 0 Å². The van der Waals surface area contributed by atoms with Crippen molar-refractivity contribution in [3.05, 3.63) is 58.6 Å². The Bertz CT molecular complexity index is 798. The molecule has 0 unspecified atom stereocenters. The van der Waals surface area contributed by atoms with Crippen molar-refractivity contribution in [3.63, 3.8) is 0 Å². The molecule has 2 aromatic carbocycles. The molecule has 1 heterocycles. The first-order valence-electron chi connectivity index (χ1n) is 9.73.